The van der Waals surface area contributed by atoms with E-state index >= 15 is 0 Å². The summed E-state index contributed by atoms with van der Waals surface area (Å²) >= 11 is 0. The monoisotopic (exact) mass is 253 g/mol. The Kier molecular flexibility index (Phi) is 3.40. The van der Waals surface area contributed by atoms with Gasteiger partial charge in [-0.25, -0.2) is 8.78 Å². The number of carbonyl (C=O) groups excluding carboxylic acids is 1. The number of ketones is 1. The fraction of sp³-hybridized carbons (Fsp3) is 0.273. The predicted octanol–water partition coefficient (Wildman–Crippen LogP) is 1.82. The molecule has 0 amide bonds. The molecule has 0 unspecified atom stereocenters. The standard InChI is InChI=1S/C11H9F2N3O2/c1-6-5-14-3-2-7(6)11-15-9(18-16-11)4-8(17)10(12)13/h2-3,5,10H,4H2,1H3. The maximum absolute atomic E-state index is 12.1. The van der Waals surface area contributed by atoms with Gasteiger partial charge in [-0.1, -0.05) is 5.16 Å². The zero-order valence-corrected chi connectivity index (χ0v) is 9.43. The van der Waals surface area contributed by atoms with Gasteiger partial charge in [0.2, 0.25) is 17.5 Å². The predicted molar refractivity (Wildman–Crippen MR) is 57.0 cm³/mol. The van der Waals surface area contributed by atoms with E-state index in [2.05, 4.69) is 15.1 Å². The summed E-state index contributed by atoms with van der Waals surface area (Å²) in [7, 11) is 0. The van der Waals surface area contributed by atoms with Gasteiger partial charge in [-0.3, -0.25) is 9.78 Å². The average molecular weight is 253 g/mol. The normalized spacial score (nSPS) is 10.9. The van der Waals surface area contributed by atoms with Crippen LogP contribution < -0.4 is 0 Å². The lowest BCUT2D eigenvalue weighted by molar-refractivity contribution is -0.129. The molecule has 0 radical (unpaired) electrons. The number of hydrogen-bond acceptors (Lipinski definition) is 5. The minimum absolute atomic E-state index is 0.119. The molecule has 2 rings (SSSR count). The van der Waals surface area contributed by atoms with Crippen molar-refractivity contribution in [2.45, 2.75) is 19.8 Å². The summed E-state index contributed by atoms with van der Waals surface area (Å²) in [6, 6.07) is 1.68. The molecule has 0 bridgehead atoms. The van der Waals surface area contributed by atoms with Crippen LogP contribution in [-0.4, -0.2) is 27.3 Å². The molecule has 0 fully saturated rings. The number of hydrogen-bond donors (Lipinski definition) is 0. The molecule has 0 aromatic carbocycles. The average Bonchev–Trinajstić information content (AvgIpc) is 2.77. The van der Waals surface area contributed by atoms with Crippen molar-refractivity contribution in [3.8, 4) is 11.4 Å². The van der Waals surface area contributed by atoms with Crippen molar-refractivity contribution in [2.24, 2.45) is 0 Å². The third-order valence-electron chi connectivity index (χ3n) is 2.30. The van der Waals surface area contributed by atoms with Crippen LogP contribution in [0.4, 0.5) is 8.78 Å². The van der Waals surface area contributed by atoms with Crippen LogP contribution in [-0.2, 0) is 11.2 Å². The summed E-state index contributed by atoms with van der Waals surface area (Å²) in [6.45, 7) is 1.81. The molecule has 0 aliphatic rings. The highest BCUT2D eigenvalue weighted by atomic mass is 19.3. The van der Waals surface area contributed by atoms with Crippen molar-refractivity contribution < 1.29 is 18.1 Å². The second-order valence-corrected chi connectivity index (χ2v) is 3.65. The SMILES string of the molecule is Cc1cnccc1-c1noc(CC(=O)C(F)F)n1. The summed E-state index contributed by atoms with van der Waals surface area (Å²) < 4.78 is 28.9. The van der Waals surface area contributed by atoms with Crippen molar-refractivity contribution >= 4 is 5.78 Å². The maximum atomic E-state index is 12.1. The van der Waals surface area contributed by atoms with Crippen LogP contribution in [0.5, 0.6) is 0 Å². The summed E-state index contributed by atoms with van der Waals surface area (Å²) in [5.41, 5.74) is 1.51. The van der Waals surface area contributed by atoms with Crippen molar-refractivity contribution in [3.05, 3.63) is 29.9 Å². The van der Waals surface area contributed by atoms with E-state index < -0.39 is 18.6 Å². The molecule has 2 aromatic heterocycles. The summed E-state index contributed by atoms with van der Waals surface area (Å²) in [6.07, 6.45) is -0.407. The van der Waals surface area contributed by atoms with E-state index in [0.717, 1.165) is 5.56 Å². The lowest BCUT2D eigenvalue weighted by Gasteiger charge is -1.97. The smallest absolute Gasteiger partial charge is 0.296 e. The van der Waals surface area contributed by atoms with Crippen molar-refractivity contribution in [3.63, 3.8) is 0 Å². The van der Waals surface area contributed by atoms with Gasteiger partial charge >= 0.3 is 0 Å². The second kappa shape index (κ2) is 4.99. The zero-order valence-electron chi connectivity index (χ0n) is 9.43. The molecule has 18 heavy (non-hydrogen) atoms. The Hall–Kier alpha value is -2.18. The number of carbonyl (C=O) groups is 1. The molecule has 0 saturated heterocycles. The molecule has 0 aliphatic carbocycles. The maximum Gasteiger partial charge on any atom is 0.296 e. The number of Topliss-reactive ketones (excluding diaryl/α,β-unsaturated/α-hetero) is 1. The van der Waals surface area contributed by atoms with E-state index in [1.807, 2.05) is 6.92 Å². The third kappa shape index (κ3) is 2.55. The number of aromatic nitrogens is 3. The summed E-state index contributed by atoms with van der Waals surface area (Å²) in [5.74, 6) is -1.10. The Bertz CT molecular complexity index is 569. The van der Waals surface area contributed by atoms with Gasteiger partial charge in [0.1, 0.15) is 0 Å². The Morgan fingerprint density at radius 3 is 2.94 bits per heavy atom. The van der Waals surface area contributed by atoms with Gasteiger partial charge in [0.05, 0.1) is 6.42 Å². The molecule has 2 heterocycles. The minimum Gasteiger partial charge on any atom is -0.338 e. The van der Waals surface area contributed by atoms with E-state index in [1.165, 1.54) is 0 Å². The molecule has 7 heteroatoms. The van der Waals surface area contributed by atoms with Crippen LogP contribution in [0.15, 0.2) is 23.0 Å². The Labute approximate surface area is 101 Å². The second-order valence-electron chi connectivity index (χ2n) is 3.65. The molecule has 94 valence electrons. The molecule has 5 nitrogen and oxygen atoms in total. The molecular weight excluding hydrogens is 244 g/mol. The van der Waals surface area contributed by atoms with Gasteiger partial charge in [0.15, 0.2) is 0 Å². The summed E-state index contributed by atoms with van der Waals surface area (Å²) in [4.78, 5) is 18.7. The lowest BCUT2D eigenvalue weighted by Crippen LogP contribution is -2.12. The number of rotatable bonds is 4. The lowest BCUT2D eigenvalue weighted by atomic mass is 10.1. The van der Waals surface area contributed by atoms with Gasteiger partial charge in [-0.05, 0) is 18.6 Å². The van der Waals surface area contributed by atoms with Gasteiger partial charge in [0, 0.05) is 18.0 Å². The van der Waals surface area contributed by atoms with Crippen molar-refractivity contribution in [1.82, 2.24) is 15.1 Å². The fourth-order valence-corrected chi connectivity index (χ4v) is 1.39. The van der Waals surface area contributed by atoms with E-state index in [0.29, 0.717) is 5.56 Å². The number of halogens is 2. The molecule has 0 N–H and O–H groups in total. The Balaban J connectivity index is 2.21. The first-order valence-corrected chi connectivity index (χ1v) is 5.12. The van der Waals surface area contributed by atoms with Crippen molar-refractivity contribution in [1.29, 1.82) is 0 Å². The van der Waals surface area contributed by atoms with Gasteiger partial charge in [0.25, 0.3) is 6.43 Å². The number of alkyl halides is 2. The third-order valence-corrected chi connectivity index (χ3v) is 2.30. The first kappa shape index (κ1) is 12.3. The van der Waals surface area contributed by atoms with E-state index in [-0.39, 0.29) is 11.7 Å². The highest BCUT2D eigenvalue weighted by molar-refractivity contribution is 5.83. The summed E-state index contributed by atoms with van der Waals surface area (Å²) in [5, 5.41) is 3.65. The van der Waals surface area contributed by atoms with Crippen LogP contribution in [0.3, 0.4) is 0 Å². The van der Waals surface area contributed by atoms with Crippen LogP contribution in [0.1, 0.15) is 11.5 Å². The highest BCUT2D eigenvalue weighted by Gasteiger charge is 2.20. The largest absolute Gasteiger partial charge is 0.338 e. The van der Waals surface area contributed by atoms with Crippen LogP contribution in [0.25, 0.3) is 11.4 Å². The molecular formula is C11H9F2N3O2. The van der Waals surface area contributed by atoms with E-state index in [4.69, 9.17) is 4.52 Å². The Morgan fingerprint density at radius 2 is 2.28 bits per heavy atom. The molecule has 0 saturated carbocycles. The number of pyridine rings is 1. The molecule has 2 aromatic rings. The van der Waals surface area contributed by atoms with Crippen molar-refractivity contribution in [2.75, 3.05) is 0 Å². The van der Waals surface area contributed by atoms with E-state index in [9.17, 15) is 13.6 Å². The van der Waals surface area contributed by atoms with Crippen LogP contribution in [0.2, 0.25) is 0 Å². The quantitative estimate of drug-likeness (QED) is 0.831. The molecule has 0 aliphatic heterocycles. The molecule has 0 atom stereocenters. The minimum atomic E-state index is -3.02. The molecule has 0 spiro atoms. The van der Waals surface area contributed by atoms with E-state index in [1.54, 1.807) is 18.5 Å². The van der Waals surface area contributed by atoms with Gasteiger partial charge in [-0.2, -0.15) is 4.98 Å². The van der Waals surface area contributed by atoms with Gasteiger partial charge in [-0.15, -0.1) is 0 Å². The van der Waals surface area contributed by atoms with Crippen LogP contribution in [0, 0.1) is 6.92 Å². The topological polar surface area (TPSA) is 68.9 Å². The highest BCUT2D eigenvalue weighted by Crippen LogP contribution is 2.19. The Morgan fingerprint density at radius 1 is 1.50 bits per heavy atom. The zero-order chi connectivity index (χ0) is 13.1. The van der Waals surface area contributed by atoms with Crippen LogP contribution >= 0.6 is 0 Å². The first-order chi connectivity index (χ1) is 8.58. The van der Waals surface area contributed by atoms with Gasteiger partial charge < -0.3 is 4.52 Å². The number of nitrogens with zero attached hydrogens (tertiary/aromatic N) is 3. The fourth-order valence-electron chi connectivity index (χ4n) is 1.39. The number of aryl methyl sites for hydroxylation is 1. The first-order valence-electron chi connectivity index (χ1n) is 5.12.